The number of amides is 1. The molecule has 2 N–H and O–H groups in total. The number of carbonyl (C=O) groups is 1. The second kappa shape index (κ2) is 11.1. The van der Waals surface area contributed by atoms with Crippen LogP contribution in [-0.2, 0) is 27.2 Å². The maximum absolute atomic E-state index is 13.5. The summed E-state index contributed by atoms with van der Waals surface area (Å²) in [7, 11) is 0. The van der Waals surface area contributed by atoms with Crippen LogP contribution in [0.25, 0.3) is 0 Å². The number of para-hydroxylation sites is 1. The first-order valence-corrected chi connectivity index (χ1v) is 12.8. The van der Waals surface area contributed by atoms with E-state index in [0.29, 0.717) is 41.1 Å². The van der Waals surface area contributed by atoms with Crippen molar-refractivity contribution in [2.45, 2.75) is 44.7 Å². The Balaban J connectivity index is 1.35. The fraction of sp³-hybridized carbons (Fsp3) is 0.286. The number of ether oxygens (including phenoxy) is 3. The molecule has 0 saturated carbocycles. The van der Waals surface area contributed by atoms with E-state index in [-0.39, 0.29) is 24.2 Å². The second-order valence-electron chi connectivity index (χ2n) is 9.68. The Morgan fingerprint density at radius 2 is 2.03 bits per heavy atom. The molecule has 1 saturated heterocycles. The number of hydrogen-bond donors (Lipinski definition) is 2. The number of carbonyl (C=O) groups excluding carboxylic acids is 1. The van der Waals surface area contributed by atoms with Gasteiger partial charge in [0.1, 0.15) is 29.5 Å². The zero-order valence-corrected chi connectivity index (χ0v) is 22.1. The molecule has 2 atom stereocenters. The summed E-state index contributed by atoms with van der Waals surface area (Å²) in [5.41, 5.74) is 0.699. The summed E-state index contributed by atoms with van der Waals surface area (Å²) in [6.45, 7) is 4.61. The van der Waals surface area contributed by atoms with E-state index in [1.807, 2.05) is 13.8 Å². The second-order valence-corrected chi connectivity index (χ2v) is 10.1. The molecule has 1 aliphatic rings. The molecular formula is C28H28ClFN4O5. The zero-order valence-electron chi connectivity index (χ0n) is 21.4. The molecule has 3 heterocycles. The van der Waals surface area contributed by atoms with Crippen LogP contribution in [0.2, 0.25) is 5.02 Å². The van der Waals surface area contributed by atoms with Crippen LogP contribution in [0.15, 0.2) is 73.1 Å². The third-order valence-corrected chi connectivity index (χ3v) is 6.51. The smallest absolute Gasteiger partial charge is 0.249 e. The van der Waals surface area contributed by atoms with E-state index in [1.165, 1.54) is 29.0 Å². The average Bonchev–Trinajstić information content (AvgIpc) is 3.58. The molecule has 0 radical (unpaired) electrons. The van der Waals surface area contributed by atoms with Crippen LogP contribution in [0.3, 0.4) is 0 Å². The Hall–Kier alpha value is -3.86. The largest absolute Gasteiger partial charge is 0.494 e. The number of nitrogens with one attached hydrogen (secondary N) is 1. The van der Waals surface area contributed by atoms with Gasteiger partial charge < -0.3 is 29.2 Å². The topological polar surface area (TPSA) is 99.8 Å². The van der Waals surface area contributed by atoms with Crippen molar-refractivity contribution in [3.05, 3.63) is 89.5 Å². The molecule has 9 nitrogen and oxygen atoms in total. The molecule has 2 aromatic carbocycles. The fourth-order valence-electron chi connectivity index (χ4n) is 4.36. The van der Waals surface area contributed by atoms with Crippen molar-refractivity contribution in [1.29, 1.82) is 0 Å². The van der Waals surface area contributed by atoms with Gasteiger partial charge in [0.25, 0.3) is 0 Å². The van der Waals surface area contributed by atoms with Crippen LogP contribution >= 0.6 is 11.6 Å². The van der Waals surface area contributed by atoms with Gasteiger partial charge >= 0.3 is 0 Å². The van der Waals surface area contributed by atoms with E-state index in [0.717, 1.165) is 0 Å². The van der Waals surface area contributed by atoms with Gasteiger partial charge in [-0.1, -0.05) is 35.9 Å². The number of aromatic hydroxyl groups is 1. The molecule has 0 unspecified atom stereocenters. The number of hydrogen-bond acceptors (Lipinski definition) is 6. The highest BCUT2D eigenvalue weighted by molar-refractivity contribution is 6.32. The molecule has 39 heavy (non-hydrogen) atoms. The maximum atomic E-state index is 13.5. The molecule has 5 rings (SSSR count). The number of rotatable bonds is 9. The van der Waals surface area contributed by atoms with Crippen LogP contribution in [0.5, 0.6) is 17.4 Å². The normalized spacial score (nSPS) is 17.2. The third-order valence-electron chi connectivity index (χ3n) is 6.20. The molecule has 0 spiro atoms. The SMILES string of the molecule is CC1(C)OC[C@@H](Cn2ccc(NC(=O)[C@H](Cc3ccc(F)cc3)n3cc(Oc4ccccc4Cl)cc3O)n2)O1. The summed E-state index contributed by atoms with van der Waals surface area (Å²) in [5.74, 6) is -0.613. The quantitative estimate of drug-likeness (QED) is 0.281. The Morgan fingerprint density at radius 3 is 2.74 bits per heavy atom. The highest BCUT2D eigenvalue weighted by Crippen LogP contribution is 2.34. The van der Waals surface area contributed by atoms with Crippen molar-refractivity contribution in [3.8, 4) is 17.4 Å². The van der Waals surface area contributed by atoms with Gasteiger partial charge in [-0.3, -0.25) is 9.48 Å². The number of benzene rings is 2. The molecule has 1 aliphatic heterocycles. The van der Waals surface area contributed by atoms with E-state index in [1.54, 1.807) is 53.3 Å². The van der Waals surface area contributed by atoms with Gasteiger partial charge in [0.2, 0.25) is 5.91 Å². The molecular weight excluding hydrogens is 527 g/mol. The van der Waals surface area contributed by atoms with Crippen molar-refractivity contribution in [2.75, 3.05) is 11.9 Å². The van der Waals surface area contributed by atoms with Gasteiger partial charge in [0, 0.05) is 24.8 Å². The molecule has 11 heteroatoms. The van der Waals surface area contributed by atoms with Gasteiger partial charge in [-0.05, 0) is 43.7 Å². The van der Waals surface area contributed by atoms with Crippen molar-refractivity contribution >= 4 is 23.3 Å². The lowest BCUT2D eigenvalue weighted by Crippen LogP contribution is -2.28. The van der Waals surface area contributed by atoms with Crippen LogP contribution in [0, 0.1) is 5.82 Å². The van der Waals surface area contributed by atoms with Crippen LogP contribution < -0.4 is 10.1 Å². The van der Waals surface area contributed by atoms with E-state index >= 15 is 0 Å². The first-order chi connectivity index (χ1) is 18.6. The van der Waals surface area contributed by atoms with E-state index in [4.69, 9.17) is 25.8 Å². The lowest BCUT2D eigenvalue weighted by Gasteiger charge is -2.19. The third kappa shape index (κ3) is 6.59. The highest BCUT2D eigenvalue weighted by atomic mass is 35.5. The number of nitrogens with zero attached hydrogens (tertiary/aromatic N) is 3. The van der Waals surface area contributed by atoms with E-state index < -0.39 is 17.7 Å². The standard InChI is InChI=1S/C28H28ClFN4O5/c1-28(2)37-17-21(39-28)15-33-12-11-25(32-33)31-27(36)23(13-18-7-9-19(30)10-8-18)34-16-20(14-26(34)35)38-24-6-4-3-5-22(24)29/h3-12,14,16,21,23,35H,13,15,17H2,1-2H3,(H,31,32,36)/t21-,23+/m1/s1. The molecule has 0 aliphatic carbocycles. The van der Waals surface area contributed by atoms with Crippen molar-refractivity contribution in [1.82, 2.24) is 14.3 Å². The minimum absolute atomic E-state index is 0.164. The monoisotopic (exact) mass is 554 g/mol. The van der Waals surface area contributed by atoms with Crippen LogP contribution in [-0.4, -0.2) is 43.9 Å². The lowest BCUT2D eigenvalue weighted by atomic mass is 10.0. The van der Waals surface area contributed by atoms with Gasteiger partial charge in [-0.2, -0.15) is 5.10 Å². The number of aromatic nitrogens is 3. The van der Waals surface area contributed by atoms with Crippen LogP contribution in [0.4, 0.5) is 10.2 Å². The van der Waals surface area contributed by atoms with E-state index in [2.05, 4.69) is 10.4 Å². The Bertz CT molecular complexity index is 1450. The molecule has 1 fully saturated rings. The maximum Gasteiger partial charge on any atom is 0.249 e. The Kier molecular flexibility index (Phi) is 7.60. The van der Waals surface area contributed by atoms with Crippen molar-refractivity contribution in [2.24, 2.45) is 0 Å². The minimum atomic E-state index is -0.906. The van der Waals surface area contributed by atoms with E-state index in [9.17, 15) is 14.3 Å². The molecule has 2 aromatic heterocycles. The first kappa shape index (κ1) is 26.7. The molecule has 1 amide bonds. The Morgan fingerprint density at radius 1 is 1.26 bits per heavy atom. The van der Waals surface area contributed by atoms with Gasteiger partial charge in [0.05, 0.1) is 24.4 Å². The predicted molar refractivity (Wildman–Crippen MR) is 143 cm³/mol. The molecule has 204 valence electrons. The first-order valence-electron chi connectivity index (χ1n) is 12.4. The summed E-state index contributed by atoms with van der Waals surface area (Å²) < 4.78 is 33.8. The lowest BCUT2D eigenvalue weighted by molar-refractivity contribution is -0.139. The van der Waals surface area contributed by atoms with Gasteiger partial charge in [-0.25, -0.2) is 4.39 Å². The molecule has 4 aromatic rings. The summed E-state index contributed by atoms with van der Waals surface area (Å²) in [5, 5.41) is 18.4. The van der Waals surface area contributed by atoms with Crippen molar-refractivity contribution in [3.63, 3.8) is 0 Å². The fourth-order valence-corrected chi connectivity index (χ4v) is 4.54. The highest BCUT2D eigenvalue weighted by Gasteiger charge is 2.33. The number of halogens is 2. The van der Waals surface area contributed by atoms with Crippen LogP contribution in [0.1, 0.15) is 25.5 Å². The average molecular weight is 555 g/mol. The Labute approximate surface area is 229 Å². The summed E-state index contributed by atoms with van der Waals surface area (Å²) in [4.78, 5) is 13.5. The number of anilines is 1. The summed E-state index contributed by atoms with van der Waals surface area (Å²) in [6.07, 6.45) is 3.26. The summed E-state index contributed by atoms with van der Waals surface area (Å²) >= 11 is 6.20. The minimum Gasteiger partial charge on any atom is -0.494 e. The van der Waals surface area contributed by atoms with Crippen molar-refractivity contribution < 1.29 is 28.5 Å². The predicted octanol–water partition coefficient (Wildman–Crippen LogP) is 5.55. The van der Waals surface area contributed by atoms with Gasteiger partial charge in [-0.15, -0.1) is 0 Å². The summed E-state index contributed by atoms with van der Waals surface area (Å²) in [6, 6.07) is 14.9. The van der Waals surface area contributed by atoms with Gasteiger partial charge in [0.15, 0.2) is 17.5 Å². The molecule has 0 bridgehead atoms. The zero-order chi connectivity index (χ0) is 27.6.